The van der Waals surface area contributed by atoms with E-state index in [1.54, 1.807) is 49.6 Å². The first-order chi connectivity index (χ1) is 21.1. The second kappa shape index (κ2) is 13.2. The summed E-state index contributed by atoms with van der Waals surface area (Å²) in [5, 5.41) is 6.43. The molecule has 2 aromatic carbocycles. The van der Waals surface area contributed by atoms with Crippen molar-refractivity contribution in [3.05, 3.63) is 71.4 Å². The van der Waals surface area contributed by atoms with Gasteiger partial charge in [0.25, 0.3) is 11.8 Å². The largest absolute Gasteiger partial charge is 0.493 e. The van der Waals surface area contributed by atoms with Crippen molar-refractivity contribution >= 4 is 34.9 Å². The first-order valence-corrected chi connectivity index (χ1v) is 14.6. The standard InChI is InChI=1S/C32H39N7O5/c1-38(2)12-13-44-28-17-21(6-10-27(28)43-3)36-26-14-19(4-9-25(26)31(34)41)32(42)37-22-15-23-7-8-24(16-22)39(23)29-11-5-20(18-35-29)30(33)40/h4-6,9-11,14,17-18,22-24,36H,7-8,12-13,15-16H2,1-3H3,(H2,33,40)(H2,34,41)(H,37,42). The molecule has 44 heavy (non-hydrogen) atoms. The van der Waals surface area contributed by atoms with Crippen molar-refractivity contribution in [1.82, 2.24) is 15.2 Å². The summed E-state index contributed by atoms with van der Waals surface area (Å²) in [4.78, 5) is 45.9. The van der Waals surface area contributed by atoms with Gasteiger partial charge in [0.1, 0.15) is 12.4 Å². The Morgan fingerprint density at radius 1 is 0.955 bits per heavy atom. The van der Waals surface area contributed by atoms with E-state index in [1.807, 2.05) is 25.1 Å². The highest BCUT2D eigenvalue weighted by molar-refractivity contribution is 6.02. The second-order valence-electron chi connectivity index (χ2n) is 11.5. The Morgan fingerprint density at radius 2 is 1.68 bits per heavy atom. The molecule has 232 valence electrons. The molecule has 3 aromatic rings. The van der Waals surface area contributed by atoms with Crippen molar-refractivity contribution in [3.63, 3.8) is 0 Å². The van der Waals surface area contributed by atoms with Gasteiger partial charge in [-0.05, 0) is 82.2 Å². The third kappa shape index (κ3) is 6.86. The van der Waals surface area contributed by atoms with Gasteiger partial charge in [0.2, 0.25) is 5.91 Å². The summed E-state index contributed by atoms with van der Waals surface area (Å²) >= 11 is 0. The molecule has 2 aliphatic rings. The molecular weight excluding hydrogens is 562 g/mol. The van der Waals surface area contributed by atoms with Crippen LogP contribution in [0.4, 0.5) is 17.2 Å². The molecule has 3 amide bonds. The maximum absolute atomic E-state index is 13.4. The number of nitrogens with two attached hydrogens (primary N) is 2. The Balaban J connectivity index is 1.28. The molecule has 0 aliphatic carbocycles. The van der Waals surface area contributed by atoms with Gasteiger partial charge in [-0.25, -0.2) is 4.98 Å². The normalized spacial score (nSPS) is 19.0. The molecule has 0 radical (unpaired) electrons. The molecule has 3 heterocycles. The maximum atomic E-state index is 13.4. The number of hydrogen-bond acceptors (Lipinski definition) is 9. The minimum atomic E-state index is -0.614. The number of fused-ring (bicyclic) bond motifs is 2. The first-order valence-electron chi connectivity index (χ1n) is 14.6. The van der Waals surface area contributed by atoms with Crippen molar-refractivity contribution in [3.8, 4) is 11.5 Å². The number of benzene rings is 2. The van der Waals surface area contributed by atoms with Crippen molar-refractivity contribution < 1.29 is 23.9 Å². The fourth-order valence-electron chi connectivity index (χ4n) is 5.99. The molecular formula is C32H39N7O5. The number of hydrogen-bond donors (Lipinski definition) is 4. The van der Waals surface area contributed by atoms with Gasteiger partial charge in [-0.3, -0.25) is 14.4 Å². The number of nitrogens with zero attached hydrogens (tertiary/aromatic N) is 3. The zero-order chi connectivity index (χ0) is 31.4. The van der Waals surface area contributed by atoms with Gasteiger partial charge in [0, 0.05) is 48.2 Å². The average Bonchev–Trinajstić information content (AvgIpc) is 3.26. The van der Waals surface area contributed by atoms with E-state index >= 15 is 0 Å². The summed E-state index contributed by atoms with van der Waals surface area (Å²) in [5.74, 6) is 0.596. The van der Waals surface area contributed by atoms with Crippen LogP contribution in [-0.2, 0) is 0 Å². The van der Waals surface area contributed by atoms with Gasteiger partial charge in [0.15, 0.2) is 11.5 Å². The lowest BCUT2D eigenvalue weighted by Crippen LogP contribution is -2.50. The van der Waals surface area contributed by atoms with E-state index < -0.39 is 11.8 Å². The number of piperidine rings is 1. The number of nitrogens with one attached hydrogen (secondary N) is 2. The van der Waals surface area contributed by atoms with Gasteiger partial charge in [-0.1, -0.05) is 0 Å². The summed E-state index contributed by atoms with van der Waals surface area (Å²) in [6.07, 6.45) is 5.06. The Kier molecular flexibility index (Phi) is 9.19. The number of pyridine rings is 1. The number of rotatable bonds is 12. The van der Waals surface area contributed by atoms with Crippen molar-refractivity contribution in [2.75, 3.05) is 44.6 Å². The fraction of sp³-hybridized carbons (Fsp3) is 0.375. The number of likely N-dealkylation sites (N-methyl/N-ethyl adjacent to an activating group) is 1. The third-order valence-corrected chi connectivity index (χ3v) is 8.15. The van der Waals surface area contributed by atoms with Gasteiger partial charge >= 0.3 is 0 Å². The maximum Gasteiger partial charge on any atom is 0.251 e. The molecule has 2 unspecified atom stereocenters. The van der Waals surface area contributed by atoms with Crippen molar-refractivity contribution in [2.24, 2.45) is 11.5 Å². The number of methoxy groups -OCH3 is 1. The predicted molar refractivity (Wildman–Crippen MR) is 168 cm³/mol. The van der Waals surface area contributed by atoms with Gasteiger partial charge < -0.3 is 41.4 Å². The molecule has 0 spiro atoms. The number of anilines is 3. The van der Waals surface area contributed by atoms with Crippen LogP contribution in [0.1, 0.15) is 56.8 Å². The Hall–Kier alpha value is -4.84. The predicted octanol–water partition coefficient (Wildman–Crippen LogP) is 2.90. The van der Waals surface area contributed by atoms with Crippen LogP contribution in [0, 0.1) is 0 Å². The lowest BCUT2D eigenvalue weighted by molar-refractivity contribution is 0.0924. The number of carbonyl (C=O) groups is 3. The number of aromatic nitrogens is 1. The molecule has 6 N–H and O–H groups in total. The average molecular weight is 602 g/mol. The van der Waals surface area contributed by atoms with Crippen LogP contribution in [0.15, 0.2) is 54.7 Å². The minimum Gasteiger partial charge on any atom is -0.493 e. The van der Waals surface area contributed by atoms with E-state index in [0.29, 0.717) is 40.6 Å². The van der Waals surface area contributed by atoms with E-state index in [9.17, 15) is 14.4 Å². The van der Waals surface area contributed by atoms with E-state index in [2.05, 4.69) is 20.5 Å². The smallest absolute Gasteiger partial charge is 0.251 e. The minimum absolute atomic E-state index is 0.0168. The molecule has 2 atom stereocenters. The molecule has 12 heteroatoms. The van der Waals surface area contributed by atoms with E-state index in [1.165, 1.54) is 6.20 Å². The van der Waals surface area contributed by atoms with Gasteiger partial charge in [0.05, 0.1) is 23.9 Å². The van der Waals surface area contributed by atoms with Crippen LogP contribution < -0.4 is 36.5 Å². The fourth-order valence-corrected chi connectivity index (χ4v) is 5.99. The van der Waals surface area contributed by atoms with Crippen LogP contribution in [0.5, 0.6) is 11.5 Å². The number of primary amides is 2. The topological polar surface area (TPSA) is 165 Å². The molecule has 2 aliphatic heterocycles. The van der Waals surface area contributed by atoms with Gasteiger partial charge in [-0.15, -0.1) is 0 Å². The molecule has 5 rings (SSSR count). The summed E-state index contributed by atoms with van der Waals surface area (Å²) in [5.41, 5.74) is 13.1. The second-order valence-corrected chi connectivity index (χ2v) is 11.5. The monoisotopic (exact) mass is 601 g/mol. The molecule has 12 nitrogen and oxygen atoms in total. The Morgan fingerprint density at radius 3 is 2.30 bits per heavy atom. The zero-order valence-corrected chi connectivity index (χ0v) is 25.2. The van der Waals surface area contributed by atoms with Crippen LogP contribution in [0.25, 0.3) is 0 Å². The lowest BCUT2D eigenvalue weighted by Gasteiger charge is -2.40. The highest BCUT2D eigenvalue weighted by Crippen LogP contribution is 2.39. The molecule has 0 saturated carbocycles. The highest BCUT2D eigenvalue weighted by Gasteiger charge is 2.41. The summed E-state index contributed by atoms with van der Waals surface area (Å²) < 4.78 is 11.4. The molecule has 2 fully saturated rings. The number of carbonyl (C=O) groups excluding carboxylic acids is 3. The third-order valence-electron chi connectivity index (χ3n) is 8.15. The van der Waals surface area contributed by atoms with Crippen LogP contribution in [0.2, 0.25) is 0 Å². The highest BCUT2D eigenvalue weighted by atomic mass is 16.5. The van der Waals surface area contributed by atoms with E-state index in [-0.39, 0.29) is 29.6 Å². The summed E-state index contributed by atoms with van der Waals surface area (Å²) in [7, 11) is 5.50. The lowest BCUT2D eigenvalue weighted by atomic mass is 9.96. The SMILES string of the molecule is COc1ccc(Nc2cc(C(=O)NC3CC4CCC(C3)N4c3ccc(C(N)=O)cn3)ccc2C(N)=O)cc1OCCN(C)C. The van der Waals surface area contributed by atoms with Crippen LogP contribution >= 0.6 is 0 Å². The summed E-state index contributed by atoms with van der Waals surface area (Å²) in [6.45, 7) is 1.19. The Bertz CT molecular complexity index is 1510. The number of ether oxygens (including phenoxy) is 2. The van der Waals surface area contributed by atoms with Gasteiger partial charge in [-0.2, -0.15) is 0 Å². The molecule has 2 saturated heterocycles. The number of amides is 3. The summed E-state index contributed by atoms with van der Waals surface area (Å²) in [6, 6.07) is 14.1. The molecule has 1 aromatic heterocycles. The Labute approximate surface area is 256 Å². The van der Waals surface area contributed by atoms with Crippen molar-refractivity contribution in [1.29, 1.82) is 0 Å². The molecule has 2 bridgehead atoms. The van der Waals surface area contributed by atoms with Crippen LogP contribution in [-0.4, -0.2) is 80.1 Å². The van der Waals surface area contributed by atoms with Crippen LogP contribution in [0.3, 0.4) is 0 Å². The first kappa shape index (κ1) is 30.6. The van der Waals surface area contributed by atoms with Crippen molar-refractivity contribution in [2.45, 2.75) is 43.8 Å². The van der Waals surface area contributed by atoms with E-state index in [4.69, 9.17) is 20.9 Å². The van der Waals surface area contributed by atoms with E-state index in [0.717, 1.165) is 38.0 Å². The quantitative estimate of drug-likeness (QED) is 0.244. The zero-order valence-electron chi connectivity index (χ0n) is 25.2.